The third-order valence-electron chi connectivity index (χ3n) is 3.32. The lowest BCUT2D eigenvalue weighted by atomic mass is 10.1. The van der Waals surface area contributed by atoms with Gasteiger partial charge in [-0.05, 0) is 43.2 Å². The molecule has 0 aliphatic heterocycles. The van der Waals surface area contributed by atoms with E-state index in [0.29, 0.717) is 0 Å². The average molecular weight is 242 g/mol. The maximum Gasteiger partial charge on any atom is 0.0405 e. The van der Waals surface area contributed by atoms with Crippen molar-refractivity contribution in [3.05, 3.63) is 35.4 Å². The van der Waals surface area contributed by atoms with Crippen LogP contribution in [0, 0.1) is 13.8 Å². The molecule has 0 fully saturated rings. The third-order valence-corrected chi connectivity index (χ3v) is 4.61. The van der Waals surface area contributed by atoms with Gasteiger partial charge in [-0.3, -0.25) is 0 Å². The van der Waals surface area contributed by atoms with Gasteiger partial charge in [0.1, 0.15) is 0 Å². The molecule has 3 aromatic rings. The first kappa shape index (κ1) is 10.4. The van der Waals surface area contributed by atoms with Gasteiger partial charge < -0.3 is 11.5 Å². The molecule has 0 atom stereocenters. The first-order valence-electron chi connectivity index (χ1n) is 5.55. The Labute approximate surface area is 104 Å². The zero-order valence-corrected chi connectivity index (χ0v) is 10.7. The van der Waals surface area contributed by atoms with E-state index < -0.39 is 0 Å². The summed E-state index contributed by atoms with van der Waals surface area (Å²) in [5.74, 6) is 0. The summed E-state index contributed by atoms with van der Waals surface area (Å²) >= 11 is 1.77. The molecule has 0 aliphatic carbocycles. The van der Waals surface area contributed by atoms with E-state index in [4.69, 9.17) is 11.5 Å². The highest BCUT2D eigenvalue weighted by molar-refractivity contribution is 7.26. The Hall–Kier alpha value is -1.74. The molecule has 4 N–H and O–H groups in total. The van der Waals surface area contributed by atoms with Crippen molar-refractivity contribution in [1.82, 2.24) is 0 Å². The molecule has 1 heterocycles. The number of nitrogen functional groups attached to an aromatic ring is 2. The number of fused-ring (bicyclic) bond motifs is 3. The van der Waals surface area contributed by atoms with E-state index in [-0.39, 0.29) is 0 Å². The molecule has 0 bridgehead atoms. The molecule has 0 aliphatic rings. The van der Waals surface area contributed by atoms with Crippen molar-refractivity contribution < 1.29 is 0 Å². The van der Waals surface area contributed by atoms with Gasteiger partial charge in [0.05, 0.1) is 0 Å². The Kier molecular flexibility index (Phi) is 2.07. The maximum atomic E-state index is 5.96. The molecule has 3 heteroatoms. The minimum absolute atomic E-state index is 0.855. The largest absolute Gasteiger partial charge is 0.398 e. The van der Waals surface area contributed by atoms with E-state index in [9.17, 15) is 0 Å². The molecule has 0 saturated heterocycles. The van der Waals surface area contributed by atoms with Gasteiger partial charge in [0.2, 0.25) is 0 Å². The fourth-order valence-corrected chi connectivity index (χ4v) is 3.40. The van der Waals surface area contributed by atoms with Crippen molar-refractivity contribution in [3.8, 4) is 0 Å². The van der Waals surface area contributed by atoms with E-state index in [0.717, 1.165) is 16.9 Å². The van der Waals surface area contributed by atoms with Crippen molar-refractivity contribution in [1.29, 1.82) is 0 Å². The molecule has 2 nitrogen and oxygen atoms in total. The van der Waals surface area contributed by atoms with Gasteiger partial charge in [0.25, 0.3) is 0 Å². The molecule has 0 spiro atoms. The van der Waals surface area contributed by atoms with Crippen LogP contribution >= 0.6 is 11.3 Å². The van der Waals surface area contributed by atoms with E-state index in [1.807, 2.05) is 13.0 Å². The first-order valence-corrected chi connectivity index (χ1v) is 6.37. The van der Waals surface area contributed by atoms with Crippen molar-refractivity contribution in [3.63, 3.8) is 0 Å². The van der Waals surface area contributed by atoms with Crippen molar-refractivity contribution >= 4 is 42.9 Å². The maximum absolute atomic E-state index is 5.96. The number of hydrogen-bond donors (Lipinski definition) is 2. The quantitative estimate of drug-likeness (QED) is 0.588. The number of aryl methyl sites for hydroxylation is 2. The monoisotopic (exact) mass is 242 g/mol. The Bertz CT molecular complexity index is 741. The SMILES string of the molecule is Cc1cc2c(cc1N)sc1c(C)c(N)ccc12. The lowest BCUT2D eigenvalue weighted by Crippen LogP contribution is -1.88. The molecule has 0 radical (unpaired) electrons. The highest BCUT2D eigenvalue weighted by atomic mass is 32.1. The summed E-state index contributed by atoms with van der Waals surface area (Å²) in [7, 11) is 0. The van der Waals surface area contributed by atoms with Crippen LogP contribution in [-0.2, 0) is 0 Å². The number of thiophene rings is 1. The summed E-state index contributed by atoms with van der Waals surface area (Å²) in [4.78, 5) is 0. The molecule has 86 valence electrons. The predicted molar refractivity (Wildman–Crippen MR) is 77.6 cm³/mol. The average Bonchev–Trinajstić information content (AvgIpc) is 2.63. The Morgan fingerprint density at radius 2 is 1.71 bits per heavy atom. The normalized spacial score (nSPS) is 11.4. The Morgan fingerprint density at radius 1 is 0.941 bits per heavy atom. The predicted octanol–water partition coefficient (Wildman–Crippen LogP) is 3.84. The Morgan fingerprint density at radius 3 is 2.47 bits per heavy atom. The molecule has 1 aromatic heterocycles. The van der Waals surface area contributed by atoms with Crippen LogP contribution in [0.1, 0.15) is 11.1 Å². The summed E-state index contributed by atoms with van der Waals surface area (Å²) in [6.45, 7) is 4.12. The number of nitrogens with two attached hydrogens (primary N) is 2. The second-order valence-corrected chi connectivity index (χ2v) is 5.52. The van der Waals surface area contributed by atoms with Crippen molar-refractivity contribution in [2.24, 2.45) is 0 Å². The minimum Gasteiger partial charge on any atom is -0.398 e. The second-order valence-electron chi connectivity index (χ2n) is 4.46. The summed E-state index contributed by atoms with van der Waals surface area (Å²) in [5.41, 5.74) is 15.9. The minimum atomic E-state index is 0.855. The summed E-state index contributed by atoms with van der Waals surface area (Å²) in [6.07, 6.45) is 0. The van der Waals surface area contributed by atoms with Crippen LogP contribution in [0.15, 0.2) is 24.3 Å². The van der Waals surface area contributed by atoms with Crippen LogP contribution in [0.4, 0.5) is 11.4 Å². The van der Waals surface area contributed by atoms with Crippen LogP contribution in [-0.4, -0.2) is 0 Å². The number of rotatable bonds is 0. The van der Waals surface area contributed by atoms with E-state index in [2.05, 4.69) is 25.1 Å². The smallest absolute Gasteiger partial charge is 0.0405 e. The molecule has 3 rings (SSSR count). The number of benzene rings is 2. The molecular weight excluding hydrogens is 228 g/mol. The molecular formula is C14H14N2S. The van der Waals surface area contributed by atoms with Gasteiger partial charge in [-0.15, -0.1) is 11.3 Å². The standard InChI is InChI=1S/C14H14N2S/c1-7-5-10-9-3-4-11(15)8(2)14(9)17-13(10)6-12(7)16/h3-6H,15-16H2,1-2H3. The Balaban J connectivity index is 2.54. The first-order chi connectivity index (χ1) is 8.08. The summed E-state index contributed by atoms with van der Waals surface area (Å²) in [6, 6.07) is 8.31. The fraction of sp³-hybridized carbons (Fsp3) is 0.143. The zero-order valence-electron chi connectivity index (χ0n) is 9.87. The van der Waals surface area contributed by atoms with Crippen molar-refractivity contribution in [2.75, 3.05) is 11.5 Å². The van der Waals surface area contributed by atoms with E-state index >= 15 is 0 Å². The van der Waals surface area contributed by atoms with Gasteiger partial charge in [-0.25, -0.2) is 0 Å². The highest BCUT2D eigenvalue weighted by Crippen LogP contribution is 2.39. The molecule has 0 saturated carbocycles. The third kappa shape index (κ3) is 1.39. The zero-order chi connectivity index (χ0) is 12.2. The molecule has 2 aromatic carbocycles. The van der Waals surface area contributed by atoms with Crippen LogP contribution in [0.5, 0.6) is 0 Å². The number of anilines is 2. The van der Waals surface area contributed by atoms with Crippen molar-refractivity contribution in [2.45, 2.75) is 13.8 Å². The molecule has 17 heavy (non-hydrogen) atoms. The van der Waals surface area contributed by atoms with E-state index in [1.165, 1.54) is 25.7 Å². The van der Waals surface area contributed by atoms with Crippen LogP contribution in [0.3, 0.4) is 0 Å². The lowest BCUT2D eigenvalue weighted by molar-refractivity contribution is 1.51. The number of hydrogen-bond acceptors (Lipinski definition) is 3. The van der Waals surface area contributed by atoms with Gasteiger partial charge in [0.15, 0.2) is 0 Å². The molecule has 0 amide bonds. The van der Waals surface area contributed by atoms with Gasteiger partial charge in [-0.1, -0.05) is 6.07 Å². The molecule has 0 unspecified atom stereocenters. The van der Waals surface area contributed by atoms with Gasteiger partial charge in [0, 0.05) is 31.5 Å². The topological polar surface area (TPSA) is 52.0 Å². The second kappa shape index (κ2) is 3.37. The summed E-state index contributed by atoms with van der Waals surface area (Å²) in [5, 5.41) is 2.56. The highest BCUT2D eigenvalue weighted by Gasteiger charge is 2.10. The van der Waals surface area contributed by atoms with Crippen LogP contribution in [0.2, 0.25) is 0 Å². The lowest BCUT2D eigenvalue weighted by Gasteiger charge is -2.01. The van der Waals surface area contributed by atoms with Gasteiger partial charge in [-0.2, -0.15) is 0 Å². The van der Waals surface area contributed by atoms with Crippen LogP contribution in [0.25, 0.3) is 20.2 Å². The summed E-state index contributed by atoms with van der Waals surface area (Å²) < 4.78 is 2.50. The van der Waals surface area contributed by atoms with Crippen LogP contribution < -0.4 is 11.5 Å². The van der Waals surface area contributed by atoms with Gasteiger partial charge >= 0.3 is 0 Å². The fourth-order valence-electron chi connectivity index (χ4n) is 2.16. The van der Waals surface area contributed by atoms with E-state index in [1.54, 1.807) is 11.3 Å².